The van der Waals surface area contributed by atoms with E-state index >= 15 is 0 Å². The Morgan fingerprint density at radius 2 is 1.96 bits per heavy atom. The molecule has 2 aromatic rings. The fourth-order valence-electron chi connectivity index (χ4n) is 1.80. The van der Waals surface area contributed by atoms with Crippen molar-refractivity contribution in [3.8, 4) is 11.4 Å². The van der Waals surface area contributed by atoms with Crippen LogP contribution >= 0.6 is 0 Å². The Bertz CT molecular complexity index is 685. The SMILES string of the molecule is CCON(Cc1ccc(-c2noc(C(F)(F)F)n2)cc1)C(=O)OC. The second kappa shape index (κ2) is 7.30. The van der Waals surface area contributed by atoms with E-state index in [4.69, 9.17) is 4.84 Å². The molecule has 0 atom stereocenters. The summed E-state index contributed by atoms with van der Waals surface area (Å²) in [5.74, 6) is -1.58. The van der Waals surface area contributed by atoms with Gasteiger partial charge in [-0.05, 0) is 12.5 Å². The van der Waals surface area contributed by atoms with Gasteiger partial charge in [0.15, 0.2) is 0 Å². The van der Waals surface area contributed by atoms with E-state index in [1.54, 1.807) is 19.1 Å². The van der Waals surface area contributed by atoms with Crippen molar-refractivity contribution in [1.29, 1.82) is 0 Å². The Morgan fingerprint density at radius 1 is 1.29 bits per heavy atom. The van der Waals surface area contributed by atoms with Crippen molar-refractivity contribution in [1.82, 2.24) is 15.2 Å². The summed E-state index contributed by atoms with van der Waals surface area (Å²) < 4.78 is 46.1. The van der Waals surface area contributed by atoms with Crippen LogP contribution in [-0.4, -0.2) is 35.0 Å². The average molecular weight is 345 g/mol. The Balaban J connectivity index is 2.12. The van der Waals surface area contributed by atoms with E-state index in [-0.39, 0.29) is 19.0 Å². The van der Waals surface area contributed by atoms with Gasteiger partial charge in [0, 0.05) is 5.56 Å². The molecule has 1 heterocycles. The molecule has 0 bridgehead atoms. The molecule has 2 rings (SSSR count). The molecule has 1 aromatic heterocycles. The van der Waals surface area contributed by atoms with Crippen LogP contribution in [0.5, 0.6) is 0 Å². The number of aromatic nitrogens is 2. The van der Waals surface area contributed by atoms with Crippen molar-refractivity contribution in [2.75, 3.05) is 13.7 Å². The fourth-order valence-corrected chi connectivity index (χ4v) is 1.80. The van der Waals surface area contributed by atoms with Crippen LogP contribution < -0.4 is 0 Å². The van der Waals surface area contributed by atoms with Crippen LogP contribution in [0.2, 0.25) is 0 Å². The molecule has 0 N–H and O–H groups in total. The highest BCUT2D eigenvalue weighted by Crippen LogP contribution is 2.29. The zero-order chi connectivity index (χ0) is 17.7. The Morgan fingerprint density at radius 3 is 2.46 bits per heavy atom. The van der Waals surface area contributed by atoms with E-state index < -0.39 is 18.2 Å². The number of halogens is 3. The molecule has 7 nitrogen and oxygen atoms in total. The first-order valence-electron chi connectivity index (χ1n) is 6.83. The lowest BCUT2D eigenvalue weighted by molar-refractivity contribution is -0.159. The third-order valence-corrected chi connectivity index (χ3v) is 2.87. The van der Waals surface area contributed by atoms with Gasteiger partial charge in [-0.3, -0.25) is 4.84 Å². The number of carbonyl (C=O) groups excluding carboxylic acids is 1. The highest BCUT2D eigenvalue weighted by molar-refractivity contribution is 5.66. The highest BCUT2D eigenvalue weighted by atomic mass is 19.4. The van der Waals surface area contributed by atoms with Crippen LogP contribution in [-0.2, 0) is 22.3 Å². The lowest BCUT2D eigenvalue weighted by Crippen LogP contribution is -2.30. The van der Waals surface area contributed by atoms with Gasteiger partial charge in [0.05, 0.1) is 20.3 Å². The van der Waals surface area contributed by atoms with Gasteiger partial charge in [-0.2, -0.15) is 23.2 Å². The maximum atomic E-state index is 12.4. The number of benzene rings is 1. The molecular weight excluding hydrogens is 331 g/mol. The normalized spacial score (nSPS) is 11.4. The molecule has 1 amide bonds. The Hall–Kier alpha value is -2.62. The first-order chi connectivity index (χ1) is 11.3. The first kappa shape index (κ1) is 17.7. The number of hydrogen-bond donors (Lipinski definition) is 0. The van der Waals surface area contributed by atoms with Gasteiger partial charge in [-0.15, -0.1) is 0 Å². The molecule has 0 unspecified atom stereocenters. The van der Waals surface area contributed by atoms with Crippen LogP contribution in [0, 0.1) is 0 Å². The van der Waals surface area contributed by atoms with Crippen LogP contribution in [0.4, 0.5) is 18.0 Å². The maximum absolute atomic E-state index is 12.4. The minimum absolute atomic E-state index is 0.112. The molecule has 0 aliphatic carbocycles. The van der Waals surface area contributed by atoms with Crippen LogP contribution in [0.25, 0.3) is 11.4 Å². The highest BCUT2D eigenvalue weighted by Gasteiger charge is 2.38. The minimum atomic E-state index is -4.69. The number of methoxy groups -OCH3 is 1. The molecule has 10 heteroatoms. The molecular formula is C14H14F3N3O4. The number of rotatable bonds is 5. The summed E-state index contributed by atoms with van der Waals surface area (Å²) in [6.07, 6.45) is -5.35. The number of nitrogens with zero attached hydrogens (tertiary/aromatic N) is 3. The maximum Gasteiger partial charge on any atom is 0.471 e. The number of hydrogen-bond acceptors (Lipinski definition) is 6. The molecule has 24 heavy (non-hydrogen) atoms. The van der Waals surface area contributed by atoms with Gasteiger partial charge in [0.1, 0.15) is 0 Å². The van der Waals surface area contributed by atoms with Crippen molar-refractivity contribution in [2.45, 2.75) is 19.6 Å². The third kappa shape index (κ3) is 4.22. The number of ether oxygens (including phenoxy) is 1. The summed E-state index contributed by atoms with van der Waals surface area (Å²) in [5, 5.41) is 4.33. The van der Waals surface area contributed by atoms with E-state index in [1.165, 1.54) is 19.2 Å². The van der Waals surface area contributed by atoms with E-state index in [0.717, 1.165) is 5.06 Å². The van der Waals surface area contributed by atoms with Crippen molar-refractivity contribution in [3.63, 3.8) is 0 Å². The molecule has 130 valence electrons. The third-order valence-electron chi connectivity index (χ3n) is 2.87. The van der Waals surface area contributed by atoms with Gasteiger partial charge < -0.3 is 9.26 Å². The summed E-state index contributed by atoms with van der Waals surface area (Å²) in [6, 6.07) is 6.24. The van der Waals surface area contributed by atoms with Crippen molar-refractivity contribution in [2.24, 2.45) is 0 Å². The van der Waals surface area contributed by atoms with Crippen LogP contribution in [0.1, 0.15) is 18.4 Å². The molecule has 0 spiro atoms. The number of alkyl halides is 3. The summed E-state index contributed by atoms with van der Waals surface area (Å²) in [6.45, 7) is 2.10. The zero-order valence-electron chi connectivity index (χ0n) is 12.8. The largest absolute Gasteiger partial charge is 0.471 e. The van der Waals surface area contributed by atoms with Gasteiger partial charge in [0.25, 0.3) is 0 Å². The zero-order valence-corrected chi connectivity index (χ0v) is 12.8. The molecule has 0 saturated carbocycles. The van der Waals surface area contributed by atoms with Gasteiger partial charge in [-0.25, -0.2) is 4.79 Å². The molecule has 0 aliphatic heterocycles. The lowest BCUT2D eigenvalue weighted by atomic mass is 10.1. The average Bonchev–Trinajstić information content (AvgIpc) is 3.04. The van der Waals surface area contributed by atoms with Crippen LogP contribution in [0.3, 0.4) is 0 Å². The van der Waals surface area contributed by atoms with E-state index in [9.17, 15) is 18.0 Å². The summed E-state index contributed by atoms with van der Waals surface area (Å²) in [5.41, 5.74) is 1.02. The summed E-state index contributed by atoms with van der Waals surface area (Å²) in [4.78, 5) is 20.0. The second-order valence-electron chi connectivity index (χ2n) is 4.54. The van der Waals surface area contributed by atoms with E-state index in [1.807, 2.05) is 0 Å². The molecule has 1 aromatic carbocycles. The van der Waals surface area contributed by atoms with Crippen LogP contribution in [0.15, 0.2) is 28.8 Å². The second-order valence-corrected chi connectivity index (χ2v) is 4.54. The van der Waals surface area contributed by atoms with E-state index in [2.05, 4.69) is 19.4 Å². The van der Waals surface area contributed by atoms with Gasteiger partial charge in [0.2, 0.25) is 5.82 Å². The lowest BCUT2D eigenvalue weighted by Gasteiger charge is -2.19. The number of amides is 1. The standard InChI is InChI=1S/C14H14F3N3O4/c1-3-23-20(13(21)22-2)8-9-4-6-10(7-5-9)11-18-12(24-19-11)14(15,16)17/h4-7H,3,8H2,1-2H3. The first-order valence-corrected chi connectivity index (χ1v) is 6.83. The minimum Gasteiger partial charge on any atom is -0.451 e. The van der Waals surface area contributed by atoms with Gasteiger partial charge in [-0.1, -0.05) is 29.4 Å². The monoisotopic (exact) mass is 345 g/mol. The predicted molar refractivity (Wildman–Crippen MR) is 74.3 cm³/mol. The molecule has 0 aliphatic rings. The fraction of sp³-hybridized carbons (Fsp3) is 0.357. The Kier molecular flexibility index (Phi) is 5.39. The number of carbonyl (C=O) groups is 1. The van der Waals surface area contributed by atoms with Gasteiger partial charge >= 0.3 is 18.2 Å². The van der Waals surface area contributed by atoms with Crippen molar-refractivity contribution in [3.05, 3.63) is 35.7 Å². The quantitative estimate of drug-likeness (QED) is 0.774. The topological polar surface area (TPSA) is 77.7 Å². The summed E-state index contributed by atoms with van der Waals surface area (Å²) >= 11 is 0. The molecule has 0 saturated heterocycles. The number of hydroxylamine groups is 2. The van der Waals surface area contributed by atoms with Crippen molar-refractivity contribution >= 4 is 6.09 Å². The molecule has 0 radical (unpaired) electrons. The summed E-state index contributed by atoms with van der Waals surface area (Å²) in [7, 11) is 1.23. The smallest absolute Gasteiger partial charge is 0.451 e. The molecule has 0 fully saturated rings. The Labute approximate surface area is 134 Å². The van der Waals surface area contributed by atoms with Crippen molar-refractivity contribution < 1.29 is 32.1 Å². The van der Waals surface area contributed by atoms with E-state index in [0.29, 0.717) is 11.1 Å². The predicted octanol–water partition coefficient (Wildman–Crippen LogP) is 3.28.